The second kappa shape index (κ2) is 7.55. The van der Waals surface area contributed by atoms with Gasteiger partial charge in [0.05, 0.1) is 0 Å². The predicted octanol–water partition coefficient (Wildman–Crippen LogP) is 3.86. The highest BCUT2D eigenvalue weighted by atomic mass is 16.2. The van der Waals surface area contributed by atoms with Crippen LogP contribution >= 0.6 is 0 Å². The molecule has 1 aliphatic heterocycles. The van der Waals surface area contributed by atoms with Crippen LogP contribution in [0.5, 0.6) is 0 Å². The maximum absolute atomic E-state index is 13.7. The Labute approximate surface area is 161 Å². The molecule has 2 aromatic rings. The van der Waals surface area contributed by atoms with E-state index >= 15 is 0 Å². The van der Waals surface area contributed by atoms with Crippen molar-refractivity contribution in [1.82, 2.24) is 4.90 Å². The fourth-order valence-corrected chi connectivity index (χ4v) is 4.60. The average Bonchev–Trinajstić information content (AvgIpc) is 2.99. The minimum Gasteiger partial charge on any atom is -0.369 e. The number of benzene rings is 2. The van der Waals surface area contributed by atoms with Gasteiger partial charge in [0.25, 0.3) is 5.91 Å². The molecule has 0 radical (unpaired) electrons. The lowest BCUT2D eigenvalue weighted by Crippen LogP contribution is -2.47. The van der Waals surface area contributed by atoms with Crippen LogP contribution in [0.25, 0.3) is 0 Å². The number of carbonyl (C=O) groups excluding carboxylic acids is 1. The van der Waals surface area contributed by atoms with Crippen molar-refractivity contribution < 1.29 is 4.79 Å². The van der Waals surface area contributed by atoms with Gasteiger partial charge in [-0.15, -0.1) is 0 Å². The van der Waals surface area contributed by atoms with Crippen LogP contribution in [-0.2, 0) is 16.8 Å². The van der Waals surface area contributed by atoms with E-state index in [2.05, 4.69) is 12.1 Å². The third-order valence-corrected chi connectivity index (χ3v) is 6.02. The number of aliphatic imine (C=N–C) groups is 1. The van der Waals surface area contributed by atoms with E-state index in [1.807, 2.05) is 48.5 Å². The second-order valence-corrected chi connectivity index (χ2v) is 7.63. The minimum atomic E-state index is -0.845. The molecule has 1 fully saturated rings. The van der Waals surface area contributed by atoms with Gasteiger partial charge < -0.3 is 5.73 Å². The Bertz CT molecular complexity index is 812. The van der Waals surface area contributed by atoms with Crippen LogP contribution in [0, 0.1) is 5.92 Å². The molecule has 140 valence electrons. The van der Waals surface area contributed by atoms with E-state index in [0.29, 0.717) is 12.5 Å². The summed E-state index contributed by atoms with van der Waals surface area (Å²) in [6.45, 7) is 0.569. The summed E-state index contributed by atoms with van der Waals surface area (Å²) in [5, 5.41) is 0. The molecule has 2 aromatic carbocycles. The monoisotopic (exact) mass is 361 g/mol. The highest BCUT2D eigenvalue weighted by Gasteiger charge is 2.53. The molecule has 27 heavy (non-hydrogen) atoms. The highest BCUT2D eigenvalue weighted by Crippen LogP contribution is 2.46. The summed E-state index contributed by atoms with van der Waals surface area (Å²) in [5.74, 6) is 0.640. The number of amides is 1. The minimum absolute atomic E-state index is 0.0500. The molecule has 0 bridgehead atoms. The topological polar surface area (TPSA) is 58.7 Å². The molecule has 0 saturated heterocycles. The zero-order valence-corrected chi connectivity index (χ0v) is 15.7. The summed E-state index contributed by atoms with van der Waals surface area (Å²) in [6.07, 6.45) is 6.40. The SMILES string of the molecule is NC1=NC(c2ccccc2)(C2CCCCC2)C(=O)N1CCc1ccccc1. The first-order valence-corrected chi connectivity index (χ1v) is 9.98. The molecule has 4 heteroatoms. The maximum atomic E-state index is 13.7. The molecule has 1 atom stereocenters. The van der Waals surface area contributed by atoms with Gasteiger partial charge >= 0.3 is 0 Å². The average molecular weight is 361 g/mol. The van der Waals surface area contributed by atoms with Crippen molar-refractivity contribution in [2.24, 2.45) is 16.6 Å². The number of carbonyl (C=O) groups is 1. The van der Waals surface area contributed by atoms with Crippen LogP contribution in [-0.4, -0.2) is 23.3 Å². The molecule has 2 N–H and O–H groups in total. The van der Waals surface area contributed by atoms with E-state index in [4.69, 9.17) is 10.7 Å². The van der Waals surface area contributed by atoms with Gasteiger partial charge in [0.2, 0.25) is 0 Å². The Morgan fingerprint density at radius 2 is 1.59 bits per heavy atom. The summed E-state index contributed by atoms with van der Waals surface area (Å²) in [6, 6.07) is 20.2. The Hall–Kier alpha value is -2.62. The van der Waals surface area contributed by atoms with E-state index in [1.54, 1.807) is 4.90 Å². The van der Waals surface area contributed by atoms with Crippen LogP contribution in [0.15, 0.2) is 65.7 Å². The quantitative estimate of drug-likeness (QED) is 0.879. The molecule has 4 nitrogen and oxygen atoms in total. The molecule has 1 heterocycles. The van der Waals surface area contributed by atoms with Gasteiger partial charge in [-0.25, -0.2) is 4.99 Å². The number of hydrogen-bond acceptors (Lipinski definition) is 3. The van der Waals surface area contributed by atoms with Gasteiger partial charge in [-0.3, -0.25) is 9.69 Å². The lowest BCUT2D eigenvalue weighted by molar-refractivity contribution is -0.134. The number of nitrogens with two attached hydrogens (primary N) is 1. The maximum Gasteiger partial charge on any atom is 0.262 e. The van der Waals surface area contributed by atoms with Crippen molar-refractivity contribution >= 4 is 11.9 Å². The first-order chi connectivity index (χ1) is 13.2. The van der Waals surface area contributed by atoms with Crippen LogP contribution < -0.4 is 5.73 Å². The molecule has 1 unspecified atom stereocenters. The van der Waals surface area contributed by atoms with Gasteiger partial charge in [-0.2, -0.15) is 0 Å². The molecule has 2 aliphatic rings. The number of nitrogens with zero attached hydrogens (tertiary/aromatic N) is 2. The van der Waals surface area contributed by atoms with Crippen LogP contribution in [0.2, 0.25) is 0 Å². The molecule has 0 aromatic heterocycles. The van der Waals surface area contributed by atoms with Gasteiger partial charge in [0.15, 0.2) is 11.5 Å². The summed E-state index contributed by atoms with van der Waals surface area (Å²) < 4.78 is 0. The fourth-order valence-electron chi connectivity index (χ4n) is 4.60. The van der Waals surface area contributed by atoms with E-state index in [0.717, 1.165) is 37.7 Å². The van der Waals surface area contributed by atoms with Crippen molar-refractivity contribution in [2.75, 3.05) is 6.54 Å². The Morgan fingerprint density at radius 3 is 2.26 bits per heavy atom. The van der Waals surface area contributed by atoms with Crippen molar-refractivity contribution in [1.29, 1.82) is 0 Å². The van der Waals surface area contributed by atoms with E-state index < -0.39 is 5.54 Å². The molecular weight excluding hydrogens is 334 g/mol. The van der Waals surface area contributed by atoms with E-state index in [1.165, 1.54) is 12.0 Å². The number of guanidine groups is 1. The van der Waals surface area contributed by atoms with E-state index in [-0.39, 0.29) is 11.8 Å². The summed E-state index contributed by atoms with van der Waals surface area (Å²) in [7, 11) is 0. The molecule has 1 saturated carbocycles. The fraction of sp³-hybridized carbons (Fsp3) is 0.391. The Morgan fingerprint density at radius 1 is 0.963 bits per heavy atom. The standard InChI is InChI=1S/C23H27N3O/c24-22-25-23(19-12-6-2-7-13-19,20-14-8-3-9-15-20)21(27)26(22)17-16-18-10-4-1-5-11-18/h1-2,4-7,10-13,20H,3,8-9,14-17H2,(H2,24,25). The van der Waals surface area contributed by atoms with Crippen LogP contribution in [0.3, 0.4) is 0 Å². The van der Waals surface area contributed by atoms with Crippen LogP contribution in [0.1, 0.15) is 43.2 Å². The van der Waals surface area contributed by atoms with Crippen LogP contribution in [0.4, 0.5) is 0 Å². The molecule has 1 aliphatic carbocycles. The van der Waals surface area contributed by atoms with E-state index in [9.17, 15) is 4.79 Å². The zero-order valence-electron chi connectivity index (χ0n) is 15.7. The lowest BCUT2D eigenvalue weighted by atomic mass is 9.71. The summed E-state index contributed by atoms with van der Waals surface area (Å²) in [4.78, 5) is 20.3. The molecule has 0 spiro atoms. The first-order valence-electron chi connectivity index (χ1n) is 9.98. The van der Waals surface area contributed by atoms with Crippen molar-refractivity contribution in [3.05, 3.63) is 71.8 Å². The van der Waals surface area contributed by atoms with Gasteiger partial charge in [-0.05, 0) is 36.3 Å². The first kappa shape index (κ1) is 17.8. The largest absolute Gasteiger partial charge is 0.369 e. The lowest BCUT2D eigenvalue weighted by Gasteiger charge is -2.36. The number of hydrogen-bond donors (Lipinski definition) is 1. The van der Waals surface area contributed by atoms with Gasteiger partial charge in [-0.1, -0.05) is 79.9 Å². The Kier molecular flexibility index (Phi) is 4.97. The molecule has 4 rings (SSSR count). The molecular formula is C23H27N3O. The van der Waals surface area contributed by atoms with Crippen molar-refractivity contribution in [2.45, 2.75) is 44.1 Å². The third-order valence-electron chi connectivity index (χ3n) is 6.02. The third kappa shape index (κ3) is 3.25. The highest BCUT2D eigenvalue weighted by molar-refractivity contribution is 6.07. The summed E-state index contributed by atoms with van der Waals surface area (Å²) >= 11 is 0. The molecule has 1 amide bonds. The Balaban J connectivity index is 1.65. The smallest absolute Gasteiger partial charge is 0.262 e. The van der Waals surface area contributed by atoms with Gasteiger partial charge in [0, 0.05) is 6.54 Å². The number of rotatable bonds is 5. The second-order valence-electron chi connectivity index (χ2n) is 7.63. The van der Waals surface area contributed by atoms with Crippen molar-refractivity contribution in [3.8, 4) is 0 Å². The normalized spacial score (nSPS) is 23.5. The summed E-state index contributed by atoms with van der Waals surface area (Å²) in [5.41, 5.74) is 7.64. The van der Waals surface area contributed by atoms with Crippen molar-refractivity contribution in [3.63, 3.8) is 0 Å². The predicted molar refractivity (Wildman–Crippen MR) is 108 cm³/mol. The zero-order chi connectivity index (χ0) is 18.7. The van der Waals surface area contributed by atoms with Gasteiger partial charge in [0.1, 0.15) is 0 Å².